The fraction of sp³-hybridized carbons (Fsp3) is 0.235. The second-order valence-electron chi connectivity index (χ2n) is 5.79. The second-order valence-corrected chi connectivity index (χ2v) is 9.08. The van der Waals surface area contributed by atoms with Gasteiger partial charge in [0.05, 0.1) is 15.7 Å². The van der Waals surface area contributed by atoms with Gasteiger partial charge >= 0.3 is 0 Å². The van der Waals surface area contributed by atoms with Crippen LogP contribution in [0, 0.1) is 0 Å². The summed E-state index contributed by atoms with van der Waals surface area (Å²) in [5, 5.41) is 0.812. The summed E-state index contributed by atoms with van der Waals surface area (Å²) in [6, 6.07) is 7.83. The number of hydrogen-bond acceptors (Lipinski definition) is 6. The number of benzene rings is 1. The highest BCUT2D eigenvalue weighted by molar-refractivity contribution is 7.90. The van der Waals surface area contributed by atoms with E-state index in [4.69, 9.17) is 0 Å². The summed E-state index contributed by atoms with van der Waals surface area (Å²) in [4.78, 5) is 21.4. The molecule has 1 unspecified atom stereocenters. The van der Waals surface area contributed by atoms with E-state index in [1.54, 1.807) is 24.4 Å². The average Bonchev–Trinajstić information content (AvgIpc) is 2.60. The van der Waals surface area contributed by atoms with Gasteiger partial charge in [0, 0.05) is 36.2 Å². The van der Waals surface area contributed by atoms with Crippen molar-refractivity contribution < 1.29 is 12.6 Å². The van der Waals surface area contributed by atoms with Crippen LogP contribution < -0.4 is 5.56 Å². The molecule has 0 aliphatic carbocycles. The van der Waals surface area contributed by atoms with Gasteiger partial charge in [0.2, 0.25) is 5.16 Å². The van der Waals surface area contributed by atoms with E-state index in [1.807, 2.05) is 6.92 Å². The van der Waals surface area contributed by atoms with E-state index >= 15 is 0 Å². The predicted molar refractivity (Wildman–Crippen MR) is 100 cm³/mol. The van der Waals surface area contributed by atoms with Gasteiger partial charge in [-0.25, -0.2) is 18.4 Å². The van der Waals surface area contributed by atoms with Gasteiger partial charge in [0.1, 0.15) is 5.65 Å². The van der Waals surface area contributed by atoms with Crippen LogP contribution in [0.15, 0.2) is 51.4 Å². The lowest BCUT2D eigenvalue weighted by Gasteiger charge is -2.11. The molecule has 3 aromatic rings. The number of hydrogen-bond donors (Lipinski definition) is 0. The molecule has 0 saturated carbocycles. The van der Waals surface area contributed by atoms with E-state index in [2.05, 4.69) is 9.97 Å². The standard InChI is InChI=1S/C17H17N3O4S2/c1-4-20-15-12(10-18-17(19-15)25(2)22)9-14(16(20)21)11-5-7-13(8-6-11)26(3,23)24/h5-10H,4H2,1-3H3. The topological polar surface area (TPSA) is 99.0 Å². The molecule has 2 aromatic heterocycles. The third-order valence-corrected chi connectivity index (χ3v) is 5.81. The lowest BCUT2D eigenvalue weighted by Crippen LogP contribution is -2.22. The molecule has 0 spiro atoms. The monoisotopic (exact) mass is 391 g/mol. The maximum absolute atomic E-state index is 12.9. The summed E-state index contributed by atoms with van der Waals surface area (Å²) in [6.45, 7) is 2.21. The molecular formula is C17H17N3O4S2. The van der Waals surface area contributed by atoms with Gasteiger partial charge in [-0.15, -0.1) is 0 Å². The minimum Gasteiger partial charge on any atom is -0.292 e. The molecule has 3 rings (SSSR count). The second kappa shape index (κ2) is 6.73. The summed E-state index contributed by atoms with van der Waals surface area (Å²) in [6.07, 6.45) is 4.15. The summed E-state index contributed by atoms with van der Waals surface area (Å²) < 4.78 is 36.3. The third kappa shape index (κ3) is 3.32. The minimum absolute atomic E-state index is 0.171. The zero-order valence-corrected chi connectivity index (χ0v) is 16.1. The van der Waals surface area contributed by atoms with Gasteiger partial charge < -0.3 is 0 Å². The van der Waals surface area contributed by atoms with E-state index in [0.717, 1.165) is 6.26 Å². The van der Waals surface area contributed by atoms with Crippen molar-refractivity contribution in [2.24, 2.45) is 0 Å². The van der Waals surface area contributed by atoms with Crippen LogP contribution in [0.1, 0.15) is 6.92 Å². The normalized spacial score (nSPS) is 13.0. The number of nitrogens with zero attached hydrogens (tertiary/aromatic N) is 3. The lowest BCUT2D eigenvalue weighted by molar-refractivity contribution is 0.602. The Morgan fingerprint density at radius 3 is 2.38 bits per heavy atom. The van der Waals surface area contributed by atoms with Crippen LogP contribution in [0.25, 0.3) is 22.2 Å². The molecule has 0 fully saturated rings. The molecule has 0 bridgehead atoms. The molecule has 0 aliphatic heterocycles. The van der Waals surface area contributed by atoms with E-state index in [9.17, 15) is 17.4 Å². The van der Waals surface area contributed by atoms with Crippen molar-refractivity contribution in [3.05, 3.63) is 46.9 Å². The largest absolute Gasteiger partial charge is 0.292 e. The maximum atomic E-state index is 12.9. The van der Waals surface area contributed by atoms with Crippen molar-refractivity contribution in [1.82, 2.24) is 14.5 Å². The van der Waals surface area contributed by atoms with E-state index in [-0.39, 0.29) is 15.6 Å². The highest BCUT2D eigenvalue weighted by Gasteiger charge is 2.14. The first kappa shape index (κ1) is 18.4. The lowest BCUT2D eigenvalue weighted by atomic mass is 10.1. The van der Waals surface area contributed by atoms with Crippen molar-refractivity contribution in [3.8, 4) is 11.1 Å². The molecule has 136 valence electrons. The summed E-state index contributed by atoms with van der Waals surface area (Å²) in [5.41, 5.74) is 1.20. The van der Waals surface area contributed by atoms with Crippen LogP contribution in [0.5, 0.6) is 0 Å². The number of sulfone groups is 1. The maximum Gasteiger partial charge on any atom is 0.260 e. The first-order chi connectivity index (χ1) is 12.2. The van der Waals surface area contributed by atoms with Crippen molar-refractivity contribution in [2.45, 2.75) is 23.5 Å². The Kier molecular flexibility index (Phi) is 4.76. The molecule has 0 radical (unpaired) electrons. The number of fused-ring (bicyclic) bond motifs is 1. The molecule has 0 amide bonds. The molecular weight excluding hydrogens is 374 g/mol. The van der Waals surface area contributed by atoms with E-state index in [1.165, 1.54) is 23.0 Å². The zero-order chi connectivity index (χ0) is 19.1. The first-order valence-corrected chi connectivity index (χ1v) is 11.2. The minimum atomic E-state index is -3.30. The van der Waals surface area contributed by atoms with Crippen molar-refractivity contribution in [3.63, 3.8) is 0 Å². The quantitative estimate of drug-likeness (QED) is 0.627. The molecule has 0 saturated heterocycles. The first-order valence-electron chi connectivity index (χ1n) is 7.77. The Hall–Kier alpha value is -2.39. The van der Waals surface area contributed by atoms with Crippen LogP contribution in [-0.2, 0) is 27.2 Å². The molecule has 7 nitrogen and oxygen atoms in total. The van der Waals surface area contributed by atoms with Crippen molar-refractivity contribution in [1.29, 1.82) is 0 Å². The van der Waals surface area contributed by atoms with E-state index in [0.29, 0.717) is 28.7 Å². The smallest absolute Gasteiger partial charge is 0.260 e. The Morgan fingerprint density at radius 1 is 1.19 bits per heavy atom. The van der Waals surface area contributed by atoms with Gasteiger partial charge in [-0.05, 0) is 30.7 Å². The van der Waals surface area contributed by atoms with Crippen molar-refractivity contribution in [2.75, 3.05) is 12.5 Å². The molecule has 1 atom stereocenters. The number of aryl methyl sites for hydroxylation is 1. The molecule has 0 N–H and O–H groups in total. The Balaban J connectivity index is 2.24. The summed E-state index contributed by atoms with van der Waals surface area (Å²) >= 11 is 0. The molecule has 9 heteroatoms. The average molecular weight is 391 g/mol. The number of aromatic nitrogens is 3. The molecule has 0 aliphatic rings. The van der Waals surface area contributed by atoms with Crippen LogP contribution in [0.4, 0.5) is 0 Å². The van der Waals surface area contributed by atoms with Gasteiger partial charge in [0.15, 0.2) is 9.84 Å². The van der Waals surface area contributed by atoms with Crippen LogP contribution in [-0.4, -0.2) is 39.7 Å². The number of rotatable bonds is 4. The summed E-state index contributed by atoms with van der Waals surface area (Å²) in [5.74, 6) is 0. The van der Waals surface area contributed by atoms with Crippen LogP contribution in [0.3, 0.4) is 0 Å². The van der Waals surface area contributed by atoms with Gasteiger partial charge in [-0.3, -0.25) is 13.6 Å². The van der Waals surface area contributed by atoms with Gasteiger partial charge in [-0.1, -0.05) is 12.1 Å². The van der Waals surface area contributed by atoms with Crippen LogP contribution in [0.2, 0.25) is 0 Å². The SMILES string of the molecule is CCn1c(=O)c(-c2ccc(S(C)(=O)=O)cc2)cc2cnc(S(C)=O)nc21. The molecule has 2 heterocycles. The van der Waals surface area contributed by atoms with Gasteiger partial charge in [0.25, 0.3) is 5.56 Å². The fourth-order valence-electron chi connectivity index (χ4n) is 2.66. The van der Waals surface area contributed by atoms with Crippen molar-refractivity contribution >= 4 is 31.7 Å². The molecule has 26 heavy (non-hydrogen) atoms. The summed E-state index contributed by atoms with van der Waals surface area (Å²) in [7, 11) is -4.65. The predicted octanol–water partition coefficient (Wildman–Crippen LogP) is 1.62. The van der Waals surface area contributed by atoms with Crippen LogP contribution >= 0.6 is 0 Å². The van der Waals surface area contributed by atoms with Gasteiger partial charge in [-0.2, -0.15) is 0 Å². The fourth-order valence-corrected chi connectivity index (χ4v) is 3.71. The highest BCUT2D eigenvalue weighted by Crippen LogP contribution is 2.22. The van der Waals surface area contributed by atoms with E-state index < -0.39 is 20.6 Å². The Bertz CT molecular complexity index is 1180. The zero-order valence-electron chi connectivity index (χ0n) is 14.5. The Morgan fingerprint density at radius 2 is 1.85 bits per heavy atom. The Labute approximate surface area is 153 Å². The molecule has 1 aromatic carbocycles. The number of pyridine rings is 1. The third-order valence-electron chi connectivity index (χ3n) is 3.97. The highest BCUT2D eigenvalue weighted by atomic mass is 32.2.